The minimum Gasteiger partial charge on any atom is -0.507 e. The van der Waals surface area contributed by atoms with Crippen LogP contribution in [0.4, 0.5) is 11.4 Å². The summed E-state index contributed by atoms with van der Waals surface area (Å²) in [5, 5.41) is 64.4. The molecule has 0 radical (unpaired) electrons. The highest BCUT2D eigenvalue weighted by molar-refractivity contribution is 6.31. The van der Waals surface area contributed by atoms with Crippen molar-refractivity contribution < 1.29 is 68.5 Å². The van der Waals surface area contributed by atoms with Crippen molar-refractivity contribution >= 4 is 46.4 Å². The normalized spacial score (nSPS) is 22.9. The predicted molar refractivity (Wildman–Crippen MR) is 217 cm³/mol. The predicted octanol–water partition coefficient (Wildman–Crippen LogP) is 2.14. The summed E-state index contributed by atoms with van der Waals surface area (Å²) >= 11 is 0. The van der Waals surface area contributed by atoms with Crippen molar-refractivity contribution in [2.45, 2.75) is 82.2 Å². The Labute approximate surface area is 354 Å². The van der Waals surface area contributed by atoms with E-state index in [0.29, 0.717) is 18.5 Å². The minimum absolute atomic E-state index is 0.0440. The fourth-order valence-corrected chi connectivity index (χ4v) is 8.46. The Bertz CT molecular complexity index is 2520. The molecule has 2 aromatic heterocycles. The monoisotopic (exact) mass is 857 g/mol. The zero-order valence-corrected chi connectivity index (χ0v) is 34.5. The highest BCUT2D eigenvalue weighted by atomic mass is 16.7. The lowest BCUT2D eigenvalue weighted by atomic mass is 9.72. The third-order valence-electron chi connectivity index (χ3n) is 11.6. The number of Topliss-reactive ketones (excluding diaryl/α,β-unsaturated/α-hetero) is 1. The number of phenols is 2. The van der Waals surface area contributed by atoms with Gasteiger partial charge in [0.25, 0.3) is 11.8 Å². The molecule has 1 aliphatic heterocycles. The number of nitrogens with zero attached hydrogens (tertiary/aromatic N) is 2. The van der Waals surface area contributed by atoms with Crippen molar-refractivity contribution in [1.29, 1.82) is 0 Å². The first-order valence-electron chi connectivity index (χ1n) is 19.9. The van der Waals surface area contributed by atoms with Crippen molar-refractivity contribution in [2.75, 3.05) is 24.4 Å². The number of aliphatic hydroxyl groups is 3. The molecule has 62 heavy (non-hydrogen) atoms. The number of rotatable bonds is 12. The van der Waals surface area contributed by atoms with Crippen LogP contribution in [0.1, 0.15) is 110 Å². The van der Waals surface area contributed by atoms with Crippen LogP contribution >= 0.6 is 0 Å². The molecule has 1 fully saturated rings. The molecule has 0 unspecified atom stereocenters. The van der Waals surface area contributed by atoms with Gasteiger partial charge in [0.1, 0.15) is 46.9 Å². The molecule has 0 saturated carbocycles. The van der Waals surface area contributed by atoms with Crippen LogP contribution in [-0.2, 0) is 39.6 Å². The molecule has 7 rings (SSSR count). The maximum absolute atomic E-state index is 14.0. The van der Waals surface area contributed by atoms with Crippen LogP contribution in [0.5, 0.6) is 17.2 Å². The van der Waals surface area contributed by atoms with Crippen molar-refractivity contribution in [3.63, 3.8) is 0 Å². The number of nitrogens with one attached hydrogen (secondary N) is 3. The molecule has 0 bridgehead atoms. The van der Waals surface area contributed by atoms with E-state index in [9.17, 15) is 54.3 Å². The Morgan fingerprint density at radius 3 is 2.23 bits per heavy atom. The number of phenolic OH excluding ortho intramolecular Hbond substituents is 2. The number of amides is 3. The summed E-state index contributed by atoms with van der Waals surface area (Å²) < 4.78 is 20.6. The van der Waals surface area contributed by atoms with Gasteiger partial charge < -0.3 is 64.8 Å². The maximum atomic E-state index is 14.0. The fraction of sp³-hybridized carbons (Fsp3) is 0.395. The quantitative estimate of drug-likeness (QED) is 0.0836. The molecule has 2 aliphatic carbocycles. The van der Waals surface area contributed by atoms with E-state index in [1.807, 2.05) is 6.92 Å². The van der Waals surface area contributed by atoms with Gasteiger partial charge in [-0.05, 0) is 31.5 Å². The number of benzene rings is 2. The van der Waals surface area contributed by atoms with Gasteiger partial charge in [-0.2, -0.15) is 0 Å². The summed E-state index contributed by atoms with van der Waals surface area (Å²) in [6.07, 6.45) is -2.50. The number of methoxy groups -OCH3 is 1. The number of fused-ring (bicyclic) bond motifs is 3. The standard InChI is InChI=1S/C43H47N5O14/c1-6-8-30(51)44-20-11-25(47(3)16-20)41(57)45-21-12-26(48(4)17-21)42(58)46-24-13-31(61-19(2)36(24)52)62-28-15-43(59,29(50)18-49)14-23-33(28)40(56)35-34(38(23)54)37(53)22-9-7-10-27(60-5)32(22)39(35)55/h7,9-12,16-17,19,24,28,31,36,49,52,54,56,59H,6,8,13-15,18H2,1-5H3,(H,44,51)(H,45,57)(H,46,58)/t19-,24-,28-,31-,36+,43-/m0/s1. The molecule has 3 amide bonds. The molecule has 1 saturated heterocycles. The van der Waals surface area contributed by atoms with Crippen molar-refractivity contribution in [3.05, 3.63) is 87.5 Å². The molecule has 0 spiro atoms. The number of aromatic nitrogens is 2. The van der Waals surface area contributed by atoms with Gasteiger partial charge in [-0.1, -0.05) is 19.1 Å². The van der Waals surface area contributed by atoms with E-state index in [2.05, 4.69) is 16.0 Å². The van der Waals surface area contributed by atoms with E-state index in [0.717, 1.165) is 0 Å². The maximum Gasteiger partial charge on any atom is 0.272 e. The van der Waals surface area contributed by atoms with E-state index in [-0.39, 0.29) is 57.4 Å². The zero-order chi connectivity index (χ0) is 44.9. The zero-order valence-electron chi connectivity index (χ0n) is 34.5. The van der Waals surface area contributed by atoms with Crippen LogP contribution in [0, 0.1) is 0 Å². The molecule has 19 heteroatoms. The van der Waals surface area contributed by atoms with E-state index < -0.39 is 107 Å². The second kappa shape index (κ2) is 16.8. The highest BCUT2D eigenvalue weighted by Crippen LogP contribution is 2.52. The van der Waals surface area contributed by atoms with Crippen LogP contribution in [-0.4, -0.2) is 114 Å². The van der Waals surface area contributed by atoms with Gasteiger partial charge in [-0.25, -0.2) is 0 Å². The fourth-order valence-electron chi connectivity index (χ4n) is 8.46. The third kappa shape index (κ3) is 7.73. The highest BCUT2D eigenvalue weighted by Gasteiger charge is 2.50. The SMILES string of the molecule is CCCC(=O)Nc1cc(C(=O)Nc2cc(C(=O)N[C@H]3C[C@H](O[C@H]4C[C@](O)(C(=O)CO)Cc5c(O)c6c(c(O)c54)C(=O)c4c(OC)cccc4C6=O)O[C@@H](C)[C@H]3O)n(C)c2)n(C)c1. The van der Waals surface area contributed by atoms with Crippen LogP contribution in [0.3, 0.4) is 0 Å². The molecule has 6 atom stereocenters. The molecule has 3 aliphatic rings. The van der Waals surface area contributed by atoms with Gasteiger partial charge in [0, 0.05) is 68.9 Å². The largest absolute Gasteiger partial charge is 0.507 e. The summed E-state index contributed by atoms with van der Waals surface area (Å²) in [6, 6.07) is 6.20. The summed E-state index contributed by atoms with van der Waals surface area (Å²) in [5.74, 6) is -5.55. The first-order valence-corrected chi connectivity index (χ1v) is 19.9. The van der Waals surface area contributed by atoms with Crippen molar-refractivity contribution in [3.8, 4) is 17.2 Å². The average molecular weight is 858 g/mol. The second-order valence-corrected chi connectivity index (χ2v) is 15.8. The number of carbonyl (C=O) groups is 6. The van der Waals surface area contributed by atoms with Crippen LogP contribution < -0.4 is 20.7 Å². The van der Waals surface area contributed by atoms with Gasteiger partial charge in [0.2, 0.25) is 11.7 Å². The number of carbonyl (C=O) groups excluding carboxylic acids is 6. The average Bonchev–Trinajstić information content (AvgIpc) is 3.79. The Balaban J connectivity index is 1.13. The molecule has 3 heterocycles. The molecular formula is C43H47N5O14. The molecule has 19 nitrogen and oxygen atoms in total. The van der Waals surface area contributed by atoms with Gasteiger partial charge in [0.05, 0.1) is 53.4 Å². The molecule has 328 valence electrons. The van der Waals surface area contributed by atoms with E-state index >= 15 is 0 Å². The number of ketones is 3. The Kier molecular flexibility index (Phi) is 11.9. The Morgan fingerprint density at radius 2 is 1.58 bits per heavy atom. The lowest BCUT2D eigenvalue weighted by Gasteiger charge is -2.43. The molecule has 4 aromatic rings. The second-order valence-electron chi connectivity index (χ2n) is 15.8. The number of ether oxygens (including phenoxy) is 3. The van der Waals surface area contributed by atoms with Crippen LogP contribution in [0.15, 0.2) is 42.7 Å². The number of aryl methyl sites for hydroxylation is 2. The van der Waals surface area contributed by atoms with E-state index in [1.165, 1.54) is 55.1 Å². The minimum atomic E-state index is -2.38. The van der Waals surface area contributed by atoms with Crippen LogP contribution in [0.2, 0.25) is 0 Å². The van der Waals surface area contributed by atoms with Crippen molar-refractivity contribution in [2.24, 2.45) is 14.1 Å². The summed E-state index contributed by atoms with van der Waals surface area (Å²) in [7, 11) is 4.52. The third-order valence-corrected chi connectivity index (χ3v) is 11.6. The Morgan fingerprint density at radius 1 is 0.935 bits per heavy atom. The number of hydrogen-bond acceptors (Lipinski definition) is 14. The number of aromatic hydroxyl groups is 2. The lowest BCUT2D eigenvalue weighted by Crippen LogP contribution is -2.56. The molecule has 2 aromatic carbocycles. The number of aliphatic hydroxyl groups excluding tert-OH is 2. The Hall–Kier alpha value is -6.38. The first-order chi connectivity index (χ1) is 29.4. The molecular weight excluding hydrogens is 810 g/mol. The smallest absolute Gasteiger partial charge is 0.272 e. The number of anilines is 2. The summed E-state index contributed by atoms with van der Waals surface area (Å²) in [6.45, 7) is 2.28. The van der Waals surface area contributed by atoms with Crippen molar-refractivity contribution in [1.82, 2.24) is 14.5 Å². The van der Waals surface area contributed by atoms with E-state index in [1.54, 1.807) is 24.9 Å². The summed E-state index contributed by atoms with van der Waals surface area (Å²) in [5.41, 5.74) is -3.16. The topological polar surface area (TPSA) is 277 Å². The molecule has 8 N–H and O–H groups in total. The summed E-state index contributed by atoms with van der Waals surface area (Å²) in [4.78, 5) is 79.8. The van der Waals surface area contributed by atoms with Gasteiger partial charge >= 0.3 is 0 Å². The van der Waals surface area contributed by atoms with Gasteiger partial charge in [0.15, 0.2) is 17.9 Å². The van der Waals surface area contributed by atoms with Gasteiger partial charge in [-0.15, -0.1) is 0 Å². The number of hydrogen-bond donors (Lipinski definition) is 8. The van der Waals surface area contributed by atoms with Gasteiger partial charge in [-0.3, -0.25) is 28.8 Å². The lowest BCUT2D eigenvalue weighted by molar-refractivity contribution is -0.249. The van der Waals surface area contributed by atoms with Crippen LogP contribution in [0.25, 0.3) is 0 Å². The van der Waals surface area contributed by atoms with E-state index in [4.69, 9.17) is 14.2 Å². The first kappa shape index (κ1) is 43.7.